The Morgan fingerprint density at radius 2 is 1.63 bits per heavy atom. The van der Waals surface area contributed by atoms with E-state index in [0.29, 0.717) is 12.3 Å². The molecule has 0 saturated heterocycles. The predicted molar refractivity (Wildman–Crippen MR) is 65.5 cm³/mol. The molecule has 2 saturated carbocycles. The Morgan fingerprint density at radius 1 is 1.05 bits per heavy atom. The van der Waals surface area contributed by atoms with Crippen LogP contribution in [-0.4, -0.2) is 11.2 Å². The van der Waals surface area contributed by atoms with Crippen LogP contribution in [0.3, 0.4) is 0 Å². The Morgan fingerprint density at radius 3 is 2.16 bits per heavy atom. The molecule has 0 aromatic heterocycles. The van der Waals surface area contributed by atoms with E-state index in [4.69, 9.17) is 0 Å². The molecule has 2 aliphatic rings. The number of halogens is 3. The van der Waals surface area contributed by atoms with Crippen molar-refractivity contribution in [3.8, 4) is 0 Å². The summed E-state index contributed by atoms with van der Waals surface area (Å²) in [5, 5.41) is 10.1. The van der Waals surface area contributed by atoms with Crippen LogP contribution in [0.25, 0.3) is 0 Å². The van der Waals surface area contributed by atoms with E-state index in [1.807, 2.05) is 0 Å². The third-order valence-corrected chi connectivity index (χ3v) is 4.55. The molecule has 0 aliphatic heterocycles. The first kappa shape index (κ1) is 13.0. The summed E-state index contributed by atoms with van der Waals surface area (Å²) in [7, 11) is 0. The molecule has 3 rings (SSSR count). The molecule has 19 heavy (non-hydrogen) atoms. The molecule has 0 amide bonds. The molecule has 1 aromatic carbocycles. The van der Waals surface area contributed by atoms with E-state index in [1.54, 1.807) is 0 Å². The van der Waals surface area contributed by atoms with Crippen molar-refractivity contribution in [3.63, 3.8) is 0 Å². The van der Waals surface area contributed by atoms with Gasteiger partial charge in [0.25, 0.3) is 0 Å². The first-order valence-electron chi connectivity index (χ1n) is 6.77. The third kappa shape index (κ3) is 2.78. The Bertz CT molecular complexity index is 441. The van der Waals surface area contributed by atoms with Crippen LogP contribution in [0, 0.1) is 17.8 Å². The molecule has 2 fully saturated rings. The summed E-state index contributed by atoms with van der Waals surface area (Å²) in [6.45, 7) is 0. The molecular weight excluding hydrogens is 253 g/mol. The van der Waals surface area contributed by atoms with Gasteiger partial charge in [0, 0.05) is 0 Å². The lowest BCUT2D eigenvalue weighted by Gasteiger charge is -2.19. The van der Waals surface area contributed by atoms with E-state index in [1.165, 1.54) is 18.6 Å². The smallest absolute Gasteiger partial charge is 0.392 e. The zero-order valence-electron chi connectivity index (χ0n) is 10.5. The highest BCUT2D eigenvalue weighted by atomic mass is 19.4. The number of rotatable bonds is 3. The zero-order chi connectivity index (χ0) is 13.6. The maximum absolute atomic E-state index is 12.4. The molecule has 1 aromatic rings. The number of aliphatic hydroxyl groups is 1. The first-order valence-corrected chi connectivity index (χ1v) is 6.77. The molecule has 0 heterocycles. The van der Waals surface area contributed by atoms with Gasteiger partial charge in [-0.3, -0.25) is 0 Å². The summed E-state index contributed by atoms with van der Waals surface area (Å²) in [5.41, 5.74) is 0.147. The van der Waals surface area contributed by atoms with Gasteiger partial charge in [-0.1, -0.05) is 12.1 Å². The minimum atomic E-state index is -4.29. The standard InChI is InChI=1S/C15H17F3O/c16-15(17,18)13-3-1-9(2-4-13)5-14(19)12-7-10-6-11(10)8-12/h1-4,10-12,14,19H,5-8H2. The second-order valence-corrected chi connectivity index (χ2v) is 5.95. The van der Waals surface area contributed by atoms with Crippen molar-refractivity contribution < 1.29 is 18.3 Å². The van der Waals surface area contributed by atoms with Gasteiger partial charge >= 0.3 is 6.18 Å². The van der Waals surface area contributed by atoms with Crippen LogP contribution in [0.1, 0.15) is 30.4 Å². The van der Waals surface area contributed by atoms with Gasteiger partial charge in [0.1, 0.15) is 0 Å². The lowest BCUT2D eigenvalue weighted by Crippen LogP contribution is -2.21. The Balaban J connectivity index is 1.60. The number of alkyl halides is 3. The van der Waals surface area contributed by atoms with E-state index in [-0.39, 0.29) is 0 Å². The van der Waals surface area contributed by atoms with Gasteiger partial charge in [0.2, 0.25) is 0 Å². The van der Waals surface area contributed by atoms with Crippen molar-refractivity contribution in [1.82, 2.24) is 0 Å². The lowest BCUT2D eigenvalue weighted by molar-refractivity contribution is -0.137. The van der Waals surface area contributed by atoms with Crippen molar-refractivity contribution in [3.05, 3.63) is 35.4 Å². The van der Waals surface area contributed by atoms with Crippen LogP contribution >= 0.6 is 0 Å². The molecule has 1 nitrogen and oxygen atoms in total. The maximum atomic E-state index is 12.4. The predicted octanol–water partition coefficient (Wildman–Crippen LogP) is 3.65. The van der Waals surface area contributed by atoms with E-state index >= 15 is 0 Å². The van der Waals surface area contributed by atoms with Gasteiger partial charge in [-0.25, -0.2) is 0 Å². The molecule has 104 valence electrons. The van der Waals surface area contributed by atoms with Crippen LogP contribution in [0.4, 0.5) is 13.2 Å². The Kier molecular flexibility index (Phi) is 3.08. The minimum Gasteiger partial charge on any atom is -0.392 e. The largest absolute Gasteiger partial charge is 0.416 e. The molecule has 2 aliphatic carbocycles. The van der Waals surface area contributed by atoms with Crippen molar-refractivity contribution in [2.24, 2.45) is 17.8 Å². The van der Waals surface area contributed by atoms with E-state index < -0.39 is 17.8 Å². The number of fused-ring (bicyclic) bond motifs is 1. The topological polar surface area (TPSA) is 20.2 Å². The normalized spacial score (nSPS) is 31.1. The summed E-state index contributed by atoms with van der Waals surface area (Å²) in [6, 6.07) is 5.13. The van der Waals surface area contributed by atoms with Crippen molar-refractivity contribution >= 4 is 0 Å². The van der Waals surface area contributed by atoms with E-state index in [9.17, 15) is 18.3 Å². The van der Waals surface area contributed by atoms with Crippen LogP contribution < -0.4 is 0 Å². The number of hydrogen-bond acceptors (Lipinski definition) is 1. The number of aliphatic hydroxyl groups excluding tert-OH is 1. The highest BCUT2D eigenvalue weighted by molar-refractivity contribution is 5.25. The summed E-state index contributed by atoms with van der Waals surface area (Å²) >= 11 is 0. The van der Waals surface area contributed by atoms with Crippen molar-refractivity contribution in [2.75, 3.05) is 0 Å². The lowest BCUT2D eigenvalue weighted by atomic mass is 9.92. The molecular formula is C15H17F3O. The SMILES string of the molecule is OC(Cc1ccc(C(F)(F)F)cc1)C1CC2CC2C1. The maximum Gasteiger partial charge on any atom is 0.416 e. The monoisotopic (exact) mass is 270 g/mol. The van der Waals surface area contributed by atoms with Gasteiger partial charge in [-0.15, -0.1) is 0 Å². The quantitative estimate of drug-likeness (QED) is 0.888. The summed E-state index contributed by atoms with van der Waals surface area (Å²) in [5.74, 6) is 1.96. The fourth-order valence-corrected chi connectivity index (χ4v) is 3.31. The highest BCUT2D eigenvalue weighted by Gasteiger charge is 2.47. The molecule has 1 N–H and O–H groups in total. The fraction of sp³-hybridized carbons (Fsp3) is 0.600. The molecule has 4 heteroatoms. The van der Waals surface area contributed by atoms with Crippen LogP contribution in [0.2, 0.25) is 0 Å². The first-order chi connectivity index (χ1) is 8.93. The molecule has 0 bridgehead atoms. The minimum absolute atomic E-state index is 0.339. The third-order valence-electron chi connectivity index (χ3n) is 4.55. The highest BCUT2D eigenvalue weighted by Crippen LogP contribution is 2.55. The fourth-order valence-electron chi connectivity index (χ4n) is 3.31. The van der Waals surface area contributed by atoms with Crippen molar-refractivity contribution in [1.29, 1.82) is 0 Å². The zero-order valence-corrected chi connectivity index (χ0v) is 10.5. The second-order valence-electron chi connectivity index (χ2n) is 5.95. The summed E-state index contributed by atoms with van der Waals surface area (Å²) in [6.07, 6.45) is -0.751. The van der Waals surface area contributed by atoms with Gasteiger partial charge < -0.3 is 5.11 Å². The number of hydrogen-bond donors (Lipinski definition) is 1. The number of benzene rings is 1. The molecule has 0 spiro atoms. The van der Waals surface area contributed by atoms with Gasteiger partial charge in [-0.2, -0.15) is 13.2 Å². The van der Waals surface area contributed by atoms with E-state index in [2.05, 4.69) is 0 Å². The summed E-state index contributed by atoms with van der Waals surface area (Å²) < 4.78 is 37.3. The second kappa shape index (κ2) is 4.51. The van der Waals surface area contributed by atoms with Crippen LogP contribution in [0.5, 0.6) is 0 Å². The van der Waals surface area contributed by atoms with Gasteiger partial charge in [0.05, 0.1) is 11.7 Å². The van der Waals surface area contributed by atoms with Gasteiger partial charge in [-0.05, 0) is 61.1 Å². The Hall–Kier alpha value is -1.03. The van der Waals surface area contributed by atoms with E-state index in [0.717, 1.165) is 42.4 Å². The van der Waals surface area contributed by atoms with Crippen molar-refractivity contribution in [2.45, 2.75) is 38.0 Å². The van der Waals surface area contributed by atoms with Crippen LogP contribution in [0.15, 0.2) is 24.3 Å². The molecule has 0 radical (unpaired) electrons. The summed E-state index contributed by atoms with van der Waals surface area (Å²) in [4.78, 5) is 0. The molecule has 3 atom stereocenters. The average molecular weight is 270 g/mol. The van der Waals surface area contributed by atoms with Crippen LogP contribution in [-0.2, 0) is 12.6 Å². The molecule has 3 unspecified atom stereocenters. The Labute approximate surface area is 110 Å². The van der Waals surface area contributed by atoms with Gasteiger partial charge in [0.15, 0.2) is 0 Å². The average Bonchev–Trinajstić information content (AvgIpc) is 2.95.